The Morgan fingerprint density at radius 2 is 1.78 bits per heavy atom. The molecule has 1 rings (SSSR count). The van der Waals surface area contributed by atoms with Crippen LogP contribution in [0.3, 0.4) is 0 Å². The molecule has 104 valence electrons. The molecule has 0 saturated carbocycles. The van der Waals surface area contributed by atoms with Gasteiger partial charge in [0.2, 0.25) is 0 Å². The van der Waals surface area contributed by atoms with Gasteiger partial charge in [-0.1, -0.05) is 41.2 Å². The molecule has 0 saturated heterocycles. The first-order chi connectivity index (χ1) is 8.41. The summed E-state index contributed by atoms with van der Waals surface area (Å²) in [7, 11) is 0. The van der Waals surface area contributed by atoms with Gasteiger partial charge in [0.25, 0.3) is 0 Å². The average molecular weight is 250 g/mol. The van der Waals surface area contributed by atoms with E-state index in [1.165, 1.54) is 6.42 Å². The zero-order valence-electron chi connectivity index (χ0n) is 13.2. The normalized spacial score (nSPS) is 18.1. The van der Waals surface area contributed by atoms with Crippen LogP contribution in [0.25, 0.3) is 0 Å². The number of aliphatic imine (C=N–C) groups is 1. The van der Waals surface area contributed by atoms with Gasteiger partial charge in [0.1, 0.15) is 5.82 Å². The van der Waals surface area contributed by atoms with Crippen molar-refractivity contribution in [1.29, 1.82) is 0 Å². The van der Waals surface area contributed by atoms with Crippen LogP contribution in [0, 0.1) is 11.8 Å². The molecule has 0 aromatic carbocycles. The molecule has 0 aromatic rings. The average Bonchev–Trinajstić information content (AvgIpc) is 2.31. The smallest absolute Gasteiger partial charge is 0.125 e. The van der Waals surface area contributed by atoms with Gasteiger partial charge in [-0.3, -0.25) is 0 Å². The van der Waals surface area contributed by atoms with Crippen molar-refractivity contribution in [1.82, 2.24) is 4.90 Å². The Kier molecular flexibility index (Phi) is 7.65. The molecule has 0 fully saturated rings. The van der Waals surface area contributed by atoms with Gasteiger partial charge in [-0.2, -0.15) is 0 Å². The van der Waals surface area contributed by atoms with Crippen molar-refractivity contribution in [2.45, 2.75) is 60.9 Å². The highest BCUT2D eigenvalue weighted by molar-refractivity contribution is 5.94. The fourth-order valence-electron chi connectivity index (χ4n) is 1.90. The first-order valence-corrected chi connectivity index (χ1v) is 7.12. The van der Waals surface area contributed by atoms with E-state index < -0.39 is 0 Å². The quantitative estimate of drug-likeness (QED) is 0.696. The van der Waals surface area contributed by atoms with Gasteiger partial charge in [-0.05, 0) is 38.2 Å². The van der Waals surface area contributed by atoms with E-state index in [2.05, 4.69) is 50.4 Å². The molecule has 1 aliphatic rings. The third kappa shape index (κ3) is 5.07. The minimum absolute atomic E-state index is 0.470. The predicted octanol–water partition coefficient (Wildman–Crippen LogP) is 4.84. The molecule has 18 heavy (non-hydrogen) atoms. The van der Waals surface area contributed by atoms with Crippen molar-refractivity contribution in [3.63, 3.8) is 0 Å². The van der Waals surface area contributed by atoms with Crippen molar-refractivity contribution >= 4 is 5.71 Å². The lowest BCUT2D eigenvalue weighted by atomic mass is 9.91. The summed E-state index contributed by atoms with van der Waals surface area (Å²) in [5.74, 6) is 2.32. The van der Waals surface area contributed by atoms with Crippen molar-refractivity contribution in [3.8, 4) is 0 Å². The van der Waals surface area contributed by atoms with E-state index in [9.17, 15) is 0 Å². The van der Waals surface area contributed by atoms with Gasteiger partial charge in [-0.15, -0.1) is 0 Å². The van der Waals surface area contributed by atoms with E-state index in [1.54, 1.807) is 0 Å². The van der Waals surface area contributed by atoms with Gasteiger partial charge in [-0.25, -0.2) is 4.99 Å². The van der Waals surface area contributed by atoms with Crippen LogP contribution in [0.15, 0.2) is 29.7 Å². The second-order valence-corrected chi connectivity index (χ2v) is 5.20. The maximum atomic E-state index is 4.40. The predicted molar refractivity (Wildman–Crippen MR) is 82.7 cm³/mol. The summed E-state index contributed by atoms with van der Waals surface area (Å²) in [5, 5.41) is 0. The second-order valence-electron chi connectivity index (χ2n) is 5.20. The first-order valence-electron chi connectivity index (χ1n) is 7.12. The van der Waals surface area contributed by atoms with Crippen LogP contribution < -0.4 is 0 Å². The number of allylic oxidation sites excluding steroid dienone is 1. The van der Waals surface area contributed by atoms with Crippen LogP contribution in [0.2, 0.25) is 0 Å². The summed E-state index contributed by atoms with van der Waals surface area (Å²) >= 11 is 0. The fraction of sp³-hybridized carbons (Fsp3) is 0.688. The molecule has 0 aromatic heterocycles. The lowest BCUT2D eigenvalue weighted by molar-refractivity contribution is 0.267. The molecule has 1 aliphatic heterocycles. The van der Waals surface area contributed by atoms with Crippen LogP contribution in [0.5, 0.6) is 0 Å². The zero-order chi connectivity index (χ0) is 14.3. The molecule has 0 N–H and O–H groups in total. The summed E-state index contributed by atoms with van der Waals surface area (Å²) in [6.07, 6.45) is 5.32. The van der Waals surface area contributed by atoms with Crippen molar-refractivity contribution in [2.24, 2.45) is 16.8 Å². The van der Waals surface area contributed by atoms with Crippen LogP contribution >= 0.6 is 0 Å². The van der Waals surface area contributed by atoms with Crippen molar-refractivity contribution in [3.05, 3.63) is 24.7 Å². The maximum Gasteiger partial charge on any atom is 0.125 e. The molecule has 0 radical (unpaired) electrons. The van der Waals surface area contributed by atoms with E-state index in [1.807, 2.05) is 26.8 Å². The molecule has 1 heterocycles. The summed E-state index contributed by atoms with van der Waals surface area (Å²) < 4.78 is 0. The molecular weight excluding hydrogens is 220 g/mol. The molecule has 2 unspecified atom stereocenters. The summed E-state index contributed by atoms with van der Waals surface area (Å²) in [6, 6.07) is 0.470. The molecule has 0 spiro atoms. The molecule has 2 atom stereocenters. The minimum atomic E-state index is 0.470. The van der Waals surface area contributed by atoms with E-state index in [4.69, 9.17) is 0 Å². The highest BCUT2D eigenvalue weighted by Gasteiger charge is 2.19. The SMILES string of the molecule is C=C1N=C(C)C=CN1C(C)CC(C)C(C)C.CC. The van der Waals surface area contributed by atoms with Gasteiger partial charge in [0, 0.05) is 18.0 Å². The Labute approximate surface area is 113 Å². The monoisotopic (exact) mass is 250 g/mol. The number of rotatable bonds is 4. The first kappa shape index (κ1) is 16.9. The lowest BCUT2D eigenvalue weighted by Crippen LogP contribution is -2.31. The Bertz CT molecular complexity index is 313. The molecule has 0 bridgehead atoms. The Balaban J connectivity index is 0.00000137. The minimum Gasteiger partial charge on any atom is -0.331 e. The van der Waals surface area contributed by atoms with Crippen LogP contribution in [-0.4, -0.2) is 16.7 Å². The van der Waals surface area contributed by atoms with Gasteiger partial charge < -0.3 is 4.90 Å². The van der Waals surface area contributed by atoms with Crippen LogP contribution in [-0.2, 0) is 0 Å². The highest BCUT2D eigenvalue weighted by atomic mass is 15.2. The van der Waals surface area contributed by atoms with Crippen LogP contribution in [0.4, 0.5) is 0 Å². The summed E-state index contributed by atoms with van der Waals surface area (Å²) in [6.45, 7) is 19.1. The molecule has 0 aliphatic carbocycles. The Hall–Kier alpha value is -1.05. The van der Waals surface area contributed by atoms with Crippen molar-refractivity contribution < 1.29 is 0 Å². The fourth-order valence-corrected chi connectivity index (χ4v) is 1.90. The molecule has 0 amide bonds. The maximum absolute atomic E-state index is 4.40. The third-order valence-corrected chi connectivity index (χ3v) is 3.41. The summed E-state index contributed by atoms with van der Waals surface area (Å²) in [5.41, 5.74) is 1.03. The highest BCUT2D eigenvalue weighted by Crippen LogP contribution is 2.23. The molecular formula is C16H30N2. The third-order valence-electron chi connectivity index (χ3n) is 3.41. The number of hydrogen-bond acceptors (Lipinski definition) is 2. The Morgan fingerprint density at radius 3 is 2.22 bits per heavy atom. The second kappa shape index (κ2) is 8.12. The van der Waals surface area contributed by atoms with E-state index >= 15 is 0 Å². The van der Waals surface area contributed by atoms with Crippen LogP contribution in [0.1, 0.15) is 54.9 Å². The van der Waals surface area contributed by atoms with E-state index in [0.717, 1.165) is 23.4 Å². The van der Waals surface area contributed by atoms with Gasteiger partial charge >= 0.3 is 0 Å². The molecule has 2 nitrogen and oxygen atoms in total. The molecule has 2 heteroatoms. The standard InChI is InChI=1S/C14H24N2.C2H6/c1-10(2)11(3)9-13(5)16-8-7-12(4)15-14(16)6;1-2/h7-8,10-11,13H,6,9H2,1-5H3;1-2H3. The van der Waals surface area contributed by atoms with Gasteiger partial charge in [0.15, 0.2) is 0 Å². The van der Waals surface area contributed by atoms with Crippen molar-refractivity contribution in [2.75, 3.05) is 0 Å². The van der Waals surface area contributed by atoms with E-state index in [0.29, 0.717) is 6.04 Å². The zero-order valence-corrected chi connectivity index (χ0v) is 13.2. The Morgan fingerprint density at radius 1 is 1.22 bits per heavy atom. The van der Waals surface area contributed by atoms with E-state index in [-0.39, 0.29) is 0 Å². The lowest BCUT2D eigenvalue weighted by Gasteiger charge is -2.32. The largest absolute Gasteiger partial charge is 0.331 e. The summed E-state index contributed by atoms with van der Waals surface area (Å²) in [4.78, 5) is 6.57. The topological polar surface area (TPSA) is 15.6 Å². The van der Waals surface area contributed by atoms with Gasteiger partial charge in [0.05, 0.1) is 0 Å². The number of hydrogen-bond donors (Lipinski definition) is 0. The number of nitrogens with zero attached hydrogens (tertiary/aromatic N) is 2.